The van der Waals surface area contributed by atoms with Crippen LogP contribution in [0.3, 0.4) is 0 Å². The molecule has 1 atom stereocenters. The number of phenols is 1. The summed E-state index contributed by atoms with van der Waals surface area (Å²) < 4.78 is 18.8. The van der Waals surface area contributed by atoms with Crippen molar-refractivity contribution in [2.75, 3.05) is 13.2 Å². The third-order valence-corrected chi connectivity index (χ3v) is 6.18. The minimum atomic E-state index is -0.770. The molecule has 0 saturated carbocycles. The average Bonchev–Trinajstić information content (AvgIpc) is 3.22. The van der Waals surface area contributed by atoms with E-state index in [2.05, 4.69) is 4.99 Å². The first kappa shape index (κ1) is 22.8. The molecular formula is C24H21FN2O5S. The number of fused-ring (bicyclic) bond motifs is 1. The molecule has 4 rings (SSSR count). The Morgan fingerprint density at radius 2 is 1.94 bits per heavy atom. The number of benzene rings is 2. The van der Waals surface area contributed by atoms with Crippen LogP contribution in [0, 0.1) is 5.82 Å². The van der Waals surface area contributed by atoms with E-state index in [1.807, 2.05) is 10.3 Å². The van der Waals surface area contributed by atoms with Gasteiger partial charge in [-0.05, 0) is 61.4 Å². The molecule has 9 heteroatoms. The summed E-state index contributed by atoms with van der Waals surface area (Å²) >= 11 is 1.36. The highest BCUT2D eigenvalue weighted by Crippen LogP contribution is 2.47. The van der Waals surface area contributed by atoms with Gasteiger partial charge < -0.3 is 19.8 Å². The topological polar surface area (TPSA) is 99.4 Å². The second kappa shape index (κ2) is 9.21. The third-order valence-electron chi connectivity index (χ3n) is 5.34. The molecule has 2 N–H and O–H groups in total. The maximum absolute atomic E-state index is 13.5. The summed E-state index contributed by atoms with van der Waals surface area (Å²) in [6, 6.07) is 9.65. The van der Waals surface area contributed by atoms with Crippen LogP contribution in [0.15, 0.2) is 64.1 Å². The standard InChI is InChI=1S/C24H21FN2O5S/c1-3-32-23(31)21-13(2)26-24-27(18(12-33-24)14-4-7-16(25)8-5-14)22(21)15-6-9-19(29)17(10-15)20(30)11-28/h4-10,12,22,28-29H,3,11H2,1-2H3. The number of phenolic OH excluding ortho intramolecular Hbond substituents is 1. The Bertz CT molecular complexity index is 1220. The number of halogens is 1. The minimum Gasteiger partial charge on any atom is -0.507 e. The van der Waals surface area contributed by atoms with Crippen molar-refractivity contribution in [3.63, 3.8) is 0 Å². The highest BCUT2D eigenvalue weighted by molar-refractivity contribution is 8.16. The Morgan fingerprint density at radius 3 is 2.61 bits per heavy atom. The number of aromatic hydroxyl groups is 1. The fourth-order valence-corrected chi connectivity index (χ4v) is 4.80. The SMILES string of the molecule is CCOC(=O)C1=C(C)N=C2SC=C(c3ccc(F)cc3)N2C1c1ccc(O)c(C(=O)CO)c1. The maximum atomic E-state index is 13.5. The van der Waals surface area contributed by atoms with Crippen LogP contribution in [0.2, 0.25) is 0 Å². The van der Waals surface area contributed by atoms with Gasteiger partial charge in [-0.25, -0.2) is 14.2 Å². The molecular weight excluding hydrogens is 447 g/mol. The van der Waals surface area contributed by atoms with Crippen molar-refractivity contribution in [2.24, 2.45) is 4.99 Å². The lowest BCUT2D eigenvalue weighted by Crippen LogP contribution is -2.36. The summed E-state index contributed by atoms with van der Waals surface area (Å²) in [6.07, 6.45) is 0. The van der Waals surface area contributed by atoms with Crippen molar-refractivity contribution >= 4 is 34.4 Å². The number of amidine groups is 1. The Labute approximate surface area is 193 Å². The van der Waals surface area contributed by atoms with Crippen LogP contribution in [-0.2, 0) is 9.53 Å². The number of esters is 1. The van der Waals surface area contributed by atoms with Crippen molar-refractivity contribution in [3.05, 3.63) is 81.7 Å². The quantitative estimate of drug-likeness (QED) is 0.488. The van der Waals surface area contributed by atoms with Crippen LogP contribution >= 0.6 is 11.8 Å². The minimum absolute atomic E-state index is 0.0564. The largest absolute Gasteiger partial charge is 0.507 e. The zero-order valence-electron chi connectivity index (χ0n) is 17.9. The smallest absolute Gasteiger partial charge is 0.338 e. The number of aliphatic hydroxyl groups excluding tert-OH is 1. The summed E-state index contributed by atoms with van der Waals surface area (Å²) in [5, 5.41) is 21.9. The molecule has 0 aliphatic carbocycles. The lowest BCUT2D eigenvalue weighted by molar-refractivity contribution is -0.139. The second-order valence-electron chi connectivity index (χ2n) is 7.37. The lowest BCUT2D eigenvalue weighted by atomic mass is 9.91. The van der Waals surface area contributed by atoms with Gasteiger partial charge >= 0.3 is 5.97 Å². The summed E-state index contributed by atoms with van der Waals surface area (Å²) in [6.45, 7) is 2.81. The first-order valence-corrected chi connectivity index (χ1v) is 11.1. The molecule has 0 aromatic heterocycles. The van der Waals surface area contributed by atoms with Gasteiger partial charge in [0.2, 0.25) is 0 Å². The van der Waals surface area contributed by atoms with E-state index in [1.54, 1.807) is 32.0 Å². The number of allylic oxidation sites excluding steroid dienone is 1. The summed E-state index contributed by atoms with van der Waals surface area (Å²) in [4.78, 5) is 31.6. The Hall–Kier alpha value is -3.43. The highest BCUT2D eigenvalue weighted by atomic mass is 32.2. The Kier molecular flexibility index (Phi) is 6.35. The number of aliphatic imine (C=N–C) groups is 1. The van der Waals surface area contributed by atoms with E-state index in [9.17, 15) is 24.2 Å². The molecule has 7 nitrogen and oxygen atoms in total. The molecule has 0 spiro atoms. The van der Waals surface area contributed by atoms with Crippen molar-refractivity contribution in [1.29, 1.82) is 0 Å². The third kappa shape index (κ3) is 4.17. The zero-order chi connectivity index (χ0) is 23.7. The lowest BCUT2D eigenvalue weighted by Gasteiger charge is -2.36. The first-order chi connectivity index (χ1) is 15.8. The molecule has 0 fully saturated rings. The number of ketones is 1. The average molecular weight is 469 g/mol. The van der Waals surface area contributed by atoms with Crippen LogP contribution in [0.5, 0.6) is 5.75 Å². The summed E-state index contributed by atoms with van der Waals surface area (Å²) in [5.41, 5.74) is 2.63. The molecule has 2 aromatic rings. The molecule has 170 valence electrons. The molecule has 1 unspecified atom stereocenters. The molecule has 33 heavy (non-hydrogen) atoms. The number of carbonyl (C=O) groups excluding carboxylic acids is 2. The predicted molar refractivity (Wildman–Crippen MR) is 123 cm³/mol. The van der Waals surface area contributed by atoms with Gasteiger partial charge in [-0.15, -0.1) is 0 Å². The van der Waals surface area contributed by atoms with E-state index >= 15 is 0 Å². The number of ether oxygens (including phenoxy) is 1. The second-order valence-corrected chi connectivity index (χ2v) is 8.21. The van der Waals surface area contributed by atoms with Crippen molar-refractivity contribution in [1.82, 2.24) is 4.90 Å². The molecule has 0 bridgehead atoms. The zero-order valence-corrected chi connectivity index (χ0v) is 18.7. The van der Waals surface area contributed by atoms with Gasteiger partial charge in [0.25, 0.3) is 0 Å². The molecule has 2 heterocycles. The van der Waals surface area contributed by atoms with Gasteiger partial charge in [-0.2, -0.15) is 0 Å². The van der Waals surface area contributed by atoms with E-state index in [1.165, 1.54) is 36.0 Å². The summed E-state index contributed by atoms with van der Waals surface area (Å²) in [7, 11) is 0. The van der Waals surface area contributed by atoms with Gasteiger partial charge in [-0.3, -0.25) is 4.79 Å². The van der Waals surface area contributed by atoms with E-state index in [0.717, 1.165) is 0 Å². The Morgan fingerprint density at radius 1 is 1.21 bits per heavy atom. The van der Waals surface area contributed by atoms with Gasteiger partial charge in [0.05, 0.1) is 35.2 Å². The summed E-state index contributed by atoms with van der Waals surface area (Å²) in [5.74, 6) is -1.85. The van der Waals surface area contributed by atoms with E-state index in [-0.39, 0.29) is 29.3 Å². The van der Waals surface area contributed by atoms with Crippen LogP contribution in [0.4, 0.5) is 4.39 Å². The number of hydrogen-bond acceptors (Lipinski definition) is 8. The molecule has 0 saturated heterocycles. The van der Waals surface area contributed by atoms with E-state index in [0.29, 0.717) is 27.7 Å². The normalized spacial score (nSPS) is 17.5. The van der Waals surface area contributed by atoms with Crippen LogP contribution in [-0.4, -0.2) is 45.2 Å². The predicted octanol–water partition coefficient (Wildman–Crippen LogP) is 4.00. The van der Waals surface area contributed by atoms with Gasteiger partial charge in [-0.1, -0.05) is 17.8 Å². The Balaban J connectivity index is 1.89. The van der Waals surface area contributed by atoms with Crippen molar-refractivity contribution < 1.29 is 28.9 Å². The van der Waals surface area contributed by atoms with Crippen LogP contribution < -0.4 is 0 Å². The number of aliphatic hydroxyl groups is 1. The van der Waals surface area contributed by atoms with Crippen molar-refractivity contribution in [3.8, 4) is 5.75 Å². The number of thioether (sulfide) groups is 1. The van der Waals surface area contributed by atoms with Gasteiger partial charge in [0, 0.05) is 5.41 Å². The number of Topliss-reactive ketones (excluding diaryl/α,β-unsaturated/α-hetero) is 1. The number of hydrogen-bond donors (Lipinski definition) is 2. The molecule has 0 radical (unpaired) electrons. The van der Waals surface area contributed by atoms with Crippen LogP contribution in [0.1, 0.15) is 41.4 Å². The van der Waals surface area contributed by atoms with Crippen LogP contribution in [0.25, 0.3) is 5.70 Å². The highest BCUT2D eigenvalue weighted by Gasteiger charge is 2.41. The fourth-order valence-electron chi connectivity index (χ4n) is 3.83. The fraction of sp³-hybridized carbons (Fsp3) is 0.208. The van der Waals surface area contributed by atoms with E-state index < -0.39 is 24.4 Å². The van der Waals surface area contributed by atoms with E-state index in [4.69, 9.17) is 4.74 Å². The van der Waals surface area contributed by atoms with Gasteiger partial charge in [0.15, 0.2) is 11.0 Å². The first-order valence-electron chi connectivity index (χ1n) is 10.2. The monoisotopic (exact) mass is 468 g/mol. The number of rotatable bonds is 6. The number of nitrogens with zero attached hydrogens (tertiary/aromatic N) is 2. The van der Waals surface area contributed by atoms with Crippen molar-refractivity contribution in [2.45, 2.75) is 19.9 Å². The van der Waals surface area contributed by atoms with Gasteiger partial charge in [0.1, 0.15) is 18.2 Å². The molecule has 2 aliphatic heterocycles. The molecule has 0 amide bonds. The molecule has 2 aromatic carbocycles. The maximum Gasteiger partial charge on any atom is 0.338 e. The number of carbonyl (C=O) groups is 2. The molecule has 2 aliphatic rings.